The number of nitriles is 1. The molecule has 8 heteroatoms. The molecule has 1 heterocycles. The molecule has 0 aromatic heterocycles. The molecule has 34 heavy (non-hydrogen) atoms. The molecule has 1 saturated heterocycles. The fraction of sp³-hybridized carbons (Fsp3) is 0.385. The molecule has 1 aliphatic heterocycles. The Labute approximate surface area is 199 Å². The Morgan fingerprint density at radius 2 is 1.79 bits per heavy atom. The van der Waals surface area contributed by atoms with Gasteiger partial charge in [-0.15, -0.1) is 0 Å². The van der Waals surface area contributed by atoms with E-state index in [4.69, 9.17) is 10.7 Å². The van der Waals surface area contributed by atoms with Gasteiger partial charge in [0.1, 0.15) is 5.54 Å². The number of benzene rings is 2. The third-order valence-corrected chi connectivity index (χ3v) is 6.64. The van der Waals surface area contributed by atoms with E-state index in [1.165, 1.54) is 30.6 Å². The summed E-state index contributed by atoms with van der Waals surface area (Å²) in [4.78, 5) is 26.8. The fourth-order valence-electron chi connectivity index (χ4n) is 4.79. The third kappa shape index (κ3) is 5.37. The number of nitrogens with zero attached hydrogens (tertiary/aromatic N) is 2. The zero-order valence-electron chi connectivity index (χ0n) is 19.4. The molecule has 2 aliphatic rings. The van der Waals surface area contributed by atoms with E-state index in [9.17, 15) is 9.59 Å². The molecule has 2 aromatic carbocycles. The van der Waals surface area contributed by atoms with Crippen LogP contribution < -0.4 is 16.0 Å². The summed E-state index contributed by atoms with van der Waals surface area (Å²) in [5, 5.41) is 25.8. The largest absolute Gasteiger partial charge is 0.342 e. The predicted molar refractivity (Wildman–Crippen MR) is 130 cm³/mol. The van der Waals surface area contributed by atoms with Crippen LogP contribution in [0.3, 0.4) is 0 Å². The second-order valence-corrected chi connectivity index (χ2v) is 9.36. The average molecular weight is 459 g/mol. The van der Waals surface area contributed by atoms with Gasteiger partial charge in [0.2, 0.25) is 0 Å². The van der Waals surface area contributed by atoms with Crippen molar-refractivity contribution >= 4 is 23.6 Å². The maximum Gasteiger partial charge on any atom is 0.319 e. The number of rotatable bonds is 7. The number of anilines is 1. The van der Waals surface area contributed by atoms with Crippen LogP contribution in [0.15, 0.2) is 48.5 Å². The molecule has 3 amide bonds. The standard InChI is InChI=1S/C26H30N6O2/c1-26(14-18-4-2-3-5-18)23(33)32(24(28)31-26)17-21-8-6-20(7-9-21)16-29-25(34)30-22-12-10-19(15-27)11-13-22/h6-13,18H,2-5,14,16-17H2,1H3,(H2,28,31)(H2,29,30,34)/t26-/m1/s1. The Hall–Kier alpha value is -3.86. The second kappa shape index (κ2) is 9.96. The number of amides is 3. The highest BCUT2D eigenvalue weighted by atomic mass is 16.2. The van der Waals surface area contributed by atoms with Gasteiger partial charge in [0.15, 0.2) is 5.96 Å². The molecule has 1 aliphatic carbocycles. The topological polar surface area (TPSA) is 121 Å². The van der Waals surface area contributed by atoms with Gasteiger partial charge in [-0.2, -0.15) is 5.26 Å². The van der Waals surface area contributed by atoms with Crippen LogP contribution in [0, 0.1) is 22.7 Å². The summed E-state index contributed by atoms with van der Waals surface area (Å²) in [5.74, 6) is 0.681. The van der Waals surface area contributed by atoms with Crippen molar-refractivity contribution in [2.24, 2.45) is 5.92 Å². The highest BCUT2D eigenvalue weighted by molar-refractivity contribution is 6.07. The van der Waals surface area contributed by atoms with E-state index < -0.39 is 5.54 Å². The lowest BCUT2D eigenvalue weighted by molar-refractivity contribution is -0.131. The average Bonchev–Trinajstić information content (AvgIpc) is 3.41. The van der Waals surface area contributed by atoms with Gasteiger partial charge in [-0.3, -0.25) is 15.1 Å². The van der Waals surface area contributed by atoms with Gasteiger partial charge in [-0.1, -0.05) is 49.9 Å². The van der Waals surface area contributed by atoms with E-state index in [1.807, 2.05) is 37.3 Å². The number of hydrogen-bond acceptors (Lipinski definition) is 4. The summed E-state index contributed by atoms with van der Waals surface area (Å²) in [6, 6.07) is 16.0. The maximum absolute atomic E-state index is 13.1. The SMILES string of the molecule is C[C@]1(CC2CCCC2)NC(=N)N(Cc2ccc(CNC(=O)Nc3ccc(C#N)cc3)cc2)C1=O. The normalized spacial score (nSPS) is 20.2. The van der Waals surface area contributed by atoms with Gasteiger partial charge >= 0.3 is 6.03 Å². The molecular weight excluding hydrogens is 428 g/mol. The molecule has 1 atom stereocenters. The Kier molecular flexibility index (Phi) is 6.82. The molecule has 0 unspecified atom stereocenters. The predicted octanol–water partition coefficient (Wildman–Crippen LogP) is 4.09. The number of carbonyl (C=O) groups is 2. The van der Waals surface area contributed by atoms with Gasteiger partial charge in [0, 0.05) is 12.2 Å². The lowest BCUT2D eigenvalue weighted by atomic mass is 9.88. The quantitative estimate of drug-likeness (QED) is 0.499. The lowest BCUT2D eigenvalue weighted by Gasteiger charge is -2.25. The van der Waals surface area contributed by atoms with Gasteiger partial charge in [-0.05, 0) is 54.7 Å². The summed E-state index contributed by atoms with van der Waals surface area (Å²) >= 11 is 0. The van der Waals surface area contributed by atoms with Crippen molar-refractivity contribution in [3.63, 3.8) is 0 Å². The molecule has 0 spiro atoms. The Bertz CT molecular complexity index is 1100. The first-order chi connectivity index (χ1) is 16.4. The molecule has 0 radical (unpaired) electrons. The second-order valence-electron chi connectivity index (χ2n) is 9.36. The Morgan fingerprint density at radius 1 is 1.15 bits per heavy atom. The summed E-state index contributed by atoms with van der Waals surface area (Å²) in [7, 11) is 0. The minimum Gasteiger partial charge on any atom is -0.342 e. The Balaban J connectivity index is 1.28. The minimum atomic E-state index is -0.696. The first-order valence-electron chi connectivity index (χ1n) is 11.7. The van der Waals surface area contributed by atoms with E-state index >= 15 is 0 Å². The first kappa shape index (κ1) is 23.3. The number of nitrogens with one attached hydrogen (secondary N) is 4. The van der Waals surface area contributed by atoms with Crippen molar-refractivity contribution in [3.05, 3.63) is 65.2 Å². The summed E-state index contributed by atoms with van der Waals surface area (Å²) in [6.45, 7) is 2.61. The molecule has 2 fully saturated rings. The van der Waals surface area contributed by atoms with Gasteiger partial charge in [0.25, 0.3) is 5.91 Å². The van der Waals surface area contributed by atoms with Crippen LogP contribution >= 0.6 is 0 Å². The molecule has 8 nitrogen and oxygen atoms in total. The number of guanidine groups is 1. The maximum atomic E-state index is 13.1. The molecule has 2 aromatic rings. The van der Waals surface area contributed by atoms with E-state index in [2.05, 4.69) is 16.0 Å². The zero-order chi connectivity index (χ0) is 24.1. The minimum absolute atomic E-state index is 0.0328. The van der Waals surface area contributed by atoms with Crippen molar-refractivity contribution in [3.8, 4) is 6.07 Å². The molecule has 4 rings (SSSR count). The van der Waals surface area contributed by atoms with Crippen LogP contribution in [0.5, 0.6) is 0 Å². The number of hydrogen-bond donors (Lipinski definition) is 4. The van der Waals surface area contributed by atoms with Gasteiger partial charge in [0.05, 0.1) is 18.2 Å². The van der Waals surface area contributed by atoms with Crippen molar-refractivity contribution in [2.45, 2.75) is 57.7 Å². The smallest absolute Gasteiger partial charge is 0.319 e. The Morgan fingerprint density at radius 3 is 2.44 bits per heavy atom. The van der Waals surface area contributed by atoms with E-state index in [0.717, 1.165) is 17.5 Å². The van der Waals surface area contributed by atoms with Gasteiger partial charge < -0.3 is 16.0 Å². The van der Waals surface area contributed by atoms with E-state index in [1.54, 1.807) is 24.3 Å². The highest BCUT2D eigenvalue weighted by Gasteiger charge is 2.47. The highest BCUT2D eigenvalue weighted by Crippen LogP contribution is 2.34. The van der Waals surface area contributed by atoms with Crippen LogP contribution in [0.1, 0.15) is 55.7 Å². The molecule has 1 saturated carbocycles. The molecule has 0 bridgehead atoms. The van der Waals surface area contributed by atoms with E-state index in [0.29, 0.717) is 30.3 Å². The van der Waals surface area contributed by atoms with Crippen LogP contribution in [0.2, 0.25) is 0 Å². The number of urea groups is 1. The van der Waals surface area contributed by atoms with Crippen LogP contribution in [0.4, 0.5) is 10.5 Å². The third-order valence-electron chi connectivity index (χ3n) is 6.64. The van der Waals surface area contributed by atoms with Crippen LogP contribution in [-0.4, -0.2) is 28.3 Å². The first-order valence-corrected chi connectivity index (χ1v) is 11.7. The number of carbonyl (C=O) groups excluding carboxylic acids is 2. The van der Waals surface area contributed by atoms with Crippen LogP contribution in [0.25, 0.3) is 0 Å². The van der Waals surface area contributed by atoms with Crippen molar-refractivity contribution in [1.29, 1.82) is 10.7 Å². The van der Waals surface area contributed by atoms with Crippen molar-refractivity contribution < 1.29 is 9.59 Å². The summed E-state index contributed by atoms with van der Waals surface area (Å²) in [6.07, 6.45) is 5.57. The monoisotopic (exact) mass is 458 g/mol. The lowest BCUT2D eigenvalue weighted by Crippen LogP contribution is -2.45. The van der Waals surface area contributed by atoms with Crippen molar-refractivity contribution in [1.82, 2.24) is 15.5 Å². The summed E-state index contributed by atoms with van der Waals surface area (Å²) in [5.41, 5.74) is 2.30. The zero-order valence-corrected chi connectivity index (χ0v) is 19.4. The van der Waals surface area contributed by atoms with Gasteiger partial charge in [-0.25, -0.2) is 4.79 Å². The van der Waals surface area contributed by atoms with Crippen LogP contribution in [-0.2, 0) is 17.9 Å². The molecular formula is C26H30N6O2. The summed E-state index contributed by atoms with van der Waals surface area (Å²) < 4.78 is 0. The fourth-order valence-corrected chi connectivity index (χ4v) is 4.79. The van der Waals surface area contributed by atoms with Crippen molar-refractivity contribution in [2.75, 3.05) is 5.32 Å². The molecule has 176 valence electrons. The molecule has 4 N–H and O–H groups in total. The van der Waals surface area contributed by atoms with E-state index in [-0.39, 0.29) is 17.9 Å².